The van der Waals surface area contributed by atoms with Crippen LogP contribution >= 0.6 is 11.3 Å². The molecule has 0 aromatic carbocycles. The third-order valence-electron chi connectivity index (χ3n) is 2.22. The van der Waals surface area contributed by atoms with Gasteiger partial charge in [0.15, 0.2) is 0 Å². The molecule has 0 amide bonds. The maximum Gasteiger partial charge on any atom is 0.120 e. The zero-order valence-corrected chi connectivity index (χ0v) is 9.67. The first kappa shape index (κ1) is 10.4. The van der Waals surface area contributed by atoms with E-state index in [1.165, 1.54) is 4.88 Å². The number of aromatic nitrogens is 1. The third kappa shape index (κ3) is 2.67. The molecule has 0 unspecified atom stereocenters. The van der Waals surface area contributed by atoms with Crippen LogP contribution < -0.4 is 5.32 Å². The molecule has 4 heteroatoms. The number of furan rings is 1. The van der Waals surface area contributed by atoms with Crippen LogP contribution in [-0.2, 0) is 6.54 Å². The summed E-state index contributed by atoms with van der Waals surface area (Å²) in [4.78, 5) is 5.47. The van der Waals surface area contributed by atoms with Crippen LogP contribution in [0.2, 0.25) is 0 Å². The van der Waals surface area contributed by atoms with Crippen molar-refractivity contribution in [3.05, 3.63) is 40.2 Å². The second kappa shape index (κ2) is 4.59. The molecule has 80 valence electrons. The van der Waals surface area contributed by atoms with Crippen molar-refractivity contribution in [1.29, 1.82) is 0 Å². The van der Waals surface area contributed by atoms with Crippen molar-refractivity contribution in [1.82, 2.24) is 10.3 Å². The van der Waals surface area contributed by atoms with Crippen LogP contribution in [0, 0.1) is 6.92 Å². The molecule has 3 nitrogen and oxygen atoms in total. The van der Waals surface area contributed by atoms with Crippen LogP contribution in [0.15, 0.2) is 29.0 Å². The Morgan fingerprint density at radius 2 is 2.47 bits per heavy atom. The second-order valence-corrected chi connectivity index (χ2v) is 4.78. The fraction of sp³-hybridized carbons (Fsp3) is 0.364. The van der Waals surface area contributed by atoms with Gasteiger partial charge in [-0.1, -0.05) is 0 Å². The second-order valence-electron chi connectivity index (χ2n) is 3.46. The Balaban J connectivity index is 1.88. The van der Waals surface area contributed by atoms with Crippen LogP contribution in [0.1, 0.15) is 28.6 Å². The van der Waals surface area contributed by atoms with Gasteiger partial charge in [0.25, 0.3) is 0 Å². The van der Waals surface area contributed by atoms with Crippen molar-refractivity contribution >= 4 is 11.3 Å². The van der Waals surface area contributed by atoms with E-state index in [4.69, 9.17) is 4.42 Å². The minimum absolute atomic E-state index is 0.238. The zero-order chi connectivity index (χ0) is 10.7. The van der Waals surface area contributed by atoms with E-state index in [1.54, 1.807) is 17.6 Å². The summed E-state index contributed by atoms with van der Waals surface area (Å²) in [6.07, 6.45) is 3.62. The molecule has 0 aliphatic rings. The lowest BCUT2D eigenvalue weighted by molar-refractivity contribution is 0.431. The van der Waals surface area contributed by atoms with Crippen molar-refractivity contribution in [3.8, 4) is 0 Å². The molecule has 1 N–H and O–H groups in total. The molecule has 2 rings (SSSR count). The molecule has 2 heterocycles. The summed E-state index contributed by atoms with van der Waals surface area (Å²) in [7, 11) is 0. The number of rotatable bonds is 4. The molecular weight excluding hydrogens is 208 g/mol. The zero-order valence-electron chi connectivity index (χ0n) is 8.86. The average molecular weight is 222 g/mol. The van der Waals surface area contributed by atoms with Crippen LogP contribution in [0.5, 0.6) is 0 Å². The Hall–Kier alpha value is -1.13. The van der Waals surface area contributed by atoms with Crippen LogP contribution in [0.3, 0.4) is 0 Å². The highest BCUT2D eigenvalue weighted by molar-refractivity contribution is 7.11. The van der Waals surface area contributed by atoms with Gasteiger partial charge in [-0.15, -0.1) is 11.3 Å². The molecule has 2 aromatic heterocycles. The van der Waals surface area contributed by atoms with Gasteiger partial charge in [0.05, 0.1) is 17.3 Å². The normalized spacial score (nSPS) is 12.9. The molecule has 0 saturated carbocycles. The van der Waals surface area contributed by atoms with Crippen molar-refractivity contribution in [2.75, 3.05) is 0 Å². The number of nitrogens with one attached hydrogen (secondary N) is 1. The van der Waals surface area contributed by atoms with E-state index in [2.05, 4.69) is 17.2 Å². The number of nitrogens with zero attached hydrogens (tertiary/aromatic N) is 1. The van der Waals surface area contributed by atoms with Gasteiger partial charge in [0, 0.05) is 17.6 Å². The maximum atomic E-state index is 5.31. The van der Waals surface area contributed by atoms with Crippen molar-refractivity contribution < 1.29 is 4.42 Å². The van der Waals surface area contributed by atoms with Crippen molar-refractivity contribution in [2.45, 2.75) is 26.4 Å². The number of aryl methyl sites for hydroxylation is 1. The summed E-state index contributed by atoms with van der Waals surface area (Å²) in [5.41, 5.74) is 0. The van der Waals surface area contributed by atoms with Gasteiger partial charge in [-0.25, -0.2) is 4.98 Å². The van der Waals surface area contributed by atoms with E-state index in [1.807, 2.05) is 25.3 Å². The summed E-state index contributed by atoms with van der Waals surface area (Å²) in [6.45, 7) is 4.95. The number of thiazole rings is 1. The van der Waals surface area contributed by atoms with Gasteiger partial charge in [-0.05, 0) is 26.0 Å². The highest BCUT2D eigenvalue weighted by Crippen LogP contribution is 2.15. The van der Waals surface area contributed by atoms with Crippen LogP contribution in [0.4, 0.5) is 0 Å². The standard InChI is InChI=1S/C11H14N2OS/c1-8(11-4-3-5-14-11)12-6-10-7-13-9(2)15-10/h3-5,7-8,12H,6H2,1-2H3/t8-/m1/s1. The molecule has 2 aromatic rings. The molecule has 1 atom stereocenters. The number of hydrogen-bond acceptors (Lipinski definition) is 4. The Bertz CT molecular complexity index is 408. The Labute approximate surface area is 93.2 Å². The fourth-order valence-electron chi connectivity index (χ4n) is 1.38. The largest absolute Gasteiger partial charge is 0.468 e. The monoisotopic (exact) mass is 222 g/mol. The van der Waals surface area contributed by atoms with Gasteiger partial charge in [-0.2, -0.15) is 0 Å². The molecule has 0 aliphatic carbocycles. The van der Waals surface area contributed by atoms with E-state index >= 15 is 0 Å². The lowest BCUT2D eigenvalue weighted by Crippen LogP contribution is -2.16. The van der Waals surface area contributed by atoms with E-state index in [-0.39, 0.29) is 6.04 Å². The Kier molecular flexibility index (Phi) is 3.18. The first-order chi connectivity index (χ1) is 7.25. The highest BCUT2D eigenvalue weighted by atomic mass is 32.1. The van der Waals surface area contributed by atoms with Crippen molar-refractivity contribution in [2.24, 2.45) is 0 Å². The SMILES string of the molecule is Cc1ncc(CN[C@H](C)c2ccco2)s1. The summed E-state index contributed by atoms with van der Waals surface area (Å²) in [6, 6.07) is 4.13. The lowest BCUT2D eigenvalue weighted by atomic mass is 10.2. The van der Waals surface area contributed by atoms with Crippen LogP contribution in [-0.4, -0.2) is 4.98 Å². The minimum atomic E-state index is 0.238. The van der Waals surface area contributed by atoms with E-state index in [0.717, 1.165) is 17.3 Å². The molecule has 0 radical (unpaired) electrons. The fourth-order valence-corrected chi connectivity index (χ4v) is 2.12. The molecule has 0 saturated heterocycles. The quantitative estimate of drug-likeness (QED) is 0.864. The van der Waals surface area contributed by atoms with Gasteiger partial charge >= 0.3 is 0 Å². The highest BCUT2D eigenvalue weighted by Gasteiger charge is 2.07. The van der Waals surface area contributed by atoms with Crippen molar-refractivity contribution in [3.63, 3.8) is 0 Å². The van der Waals surface area contributed by atoms with E-state index < -0.39 is 0 Å². The lowest BCUT2D eigenvalue weighted by Gasteiger charge is -2.09. The van der Waals surface area contributed by atoms with E-state index in [9.17, 15) is 0 Å². The molecule has 0 bridgehead atoms. The topological polar surface area (TPSA) is 38.1 Å². The number of hydrogen-bond donors (Lipinski definition) is 1. The minimum Gasteiger partial charge on any atom is -0.468 e. The smallest absolute Gasteiger partial charge is 0.120 e. The average Bonchev–Trinajstić information content (AvgIpc) is 2.84. The van der Waals surface area contributed by atoms with Gasteiger partial charge in [-0.3, -0.25) is 0 Å². The molecule has 0 spiro atoms. The predicted octanol–water partition coefficient (Wildman–Crippen LogP) is 2.90. The van der Waals surface area contributed by atoms with Crippen LogP contribution in [0.25, 0.3) is 0 Å². The third-order valence-corrected chi connectivity index (χ3v) is 3.13. The summed E-state index contributed by atoms with van der Waals surface area (Å²) in [5.74, 6) is 0.969. The molecule has 0 aliphatic heterocycles. The summed E-state index contributed by atoms with van der Waals surface area (Å²) >= 11 is 1.72. The van der Waals surface area contributed by atoms with E-state index in [0.29, 0.717) is 0 Å². The molecular formula is C11H14N2OS. The molecule has 0 fully saturated rings. The summed E-state index contributed by atoms with van der Waals surface area (Å²) in [5, 5.41) is 4.50. The maximum absolute atomic E-state index is 5.31. The van der Waals surface area contributed by atoms with Gasteiger partial charge < -0.3 is 9.73 Å². The van der Waals surface area contributed by atoms with Gasteiger partial charge in [0.2, 0.25) is 0 Å². The predicted molar refractivity (Wildman–Crippen MR) is 60.8 cm³/mol. The first-order valence-electron chi connectivity index (χ1n) is 4.94. The van der Waals surface area contributed by atoms with Gasteiger partial charge in [0.1, 0.15) is 5.76 Å². The Morgan fingerprint density at radius 3 is 3.07 bits per heavy atom. The molecule has 15 heavy (non-hydrogen) atoms. The Morgan fingerprint density at radius 1 is 1.60 bits per heavy atom. The first-order valence-corrected chi connectivity index (χ1v) is 5.75. The summed E-state index contributed by atoms with van der Waals surface area (Å²) < 4.78 is 5.31.